The Morgan fingerprint density at radius 1 is 0.833 bits per heavy atom. The van der Waals surface area contributed by atoms with E-state index in [4.69, 9.17) is 0 Å². The summed E-state index contributed by atoms with van der Waals surface area (Å²) in [5.74, 6) is 0. The van der Waals surface area contributed by atoms with Crippen molar-refractivity contribution in [3.05, 3.63) is 23.6 Å². The molecule has 32 valence electrons. The molecule has 0 spiro atoms. The summed E-state index contributed by atoms with van der Waals surface area (Å²) in [5, 5.41) is 0. The van der Waals surface area contributed by atoms with Crippen LogP contribution in [0.3, 0.4) is 0 Å². The summed E-state index contributed by atoms with van der Waals surface area (Å²) in [6.07, 6.45) is 4.37. The number of hydrogen-bond acceptors (Lipinski definition) is 0. The van der Waals surface area contributed by atoms with E-state index in [0.717, 1.165) is 0 Å². The molecule has 0 saturated heterocycles. The maximum atomic E-state index is 2.38. The Morgan fingerprint density at radius 3 is 1.50 bits per heavy atom. The molecule has 6 heavy (non-hydrogen) atoms. The second-order valence-corrected chi connectivity index (χ2v) is 7.00. The summed E-state index contributed by atoms with van der Waals surface area (Å²) in [5.41, 5.74) is 4.76. The molecular weight excluding hydrogens is 104 g/mol. The third kappa shape index (κ3) is 0.950. The Kier molecular flexibility index (Phi) is 1.46. The number of allylic oxidation sites excluding steroid dienone is 2. The molecule has 1 rings (SSSR count). The maximum absolute atomic E-state index is 2.38. The molecule has 0 aromatic heterocycles. The summed E-state index contributed by atoms with van der Waals surface area (Å²) in [6.45, 7) is 0. The third-order valence-electron chi connectivity index (χ3n) is 0.883. The van der Waals surface area contributed by atoms with Crippen molar-refractivity contribution in [2.45, 2.75) is 0 Å². The van der Waals surface area contributed by atoms with Gasteiger partial charge in [0.05, 0.1) is 0 Å². The van der Waals surface area contributed by atoms with Crippen LogP contribution in [0.25, 0.3) is 0 Å². The first-order valence-corrected chi connectivity index (χ1v) is 7.95. The van der Waals surface area contributed by atoms with Crippen LogP contribution in [0.2, 0.25) is 0 Å². The molecule has 0 amide bonds. The molecule has 0 aliphatic carbocycles. The van der Waals surface area contributed by atoms with E-state index in [2.05, 4.69) is 23.6 Å². The first kappa shape index (κ1) is 4.08. The lowest BCUT2D eigenvalue weighted by Gasteiger charge is -1.86. The highest BCUT2D eigenvalue weighted by molar-refractivity contribution is 7.05. The summed E-state index contributed by atoms with van der Waals surface area (Å²) >= 11 is 0. The van der Waals surface area contributed by atoms with Gasteiger partial charge < -0.3 is 0 Å². The highest BCUT2D eigenvalue weighted by Gasteiger charge is 1.80. The van der Waals surface area contributed by atoms with Gasteiger partial charge in [-0.1, -0.05) is 12.2 Å². The Labute approximate surface area is 42.4 Å². The predicted molar refractivity (Wildman–Crippen MR) is 35.4 cm³/mol. The monoisotopic (exact) mass is 112 g/mol. The van der Waals surface area contributed by atoms with E-state index in [0.29, 0.717) is 18.1 Å². The minimum absolute atomic E-state index is 0.380. The zero-order chi connectivity index (χ0) is 4.24. The number of hydrogen-bond donors (Lipinski definition) is 0. The lowest BCUT2D eigenvalue weighted by atomic mass is 10.6. The van der Waals surface area contributed by atoms with Crippen molar-refractivity contribution >= 4 is 18.1 Å². The molecule has 1 heterocycles. The van der Waals surface area contributed by atoms with Gasteiger partial charge in [0.15, 0.2) is 0 Å². The van der Waals surface area contributed by atoms with Crippen molar-refractivity contribution in [3.63, 3.8) is 0 Å². The largest absolute Gasteiger partial charge is 0.104 e. The van der Waals surface area contributed by atoms with Crippen LogP contribution < -0.4 is 0 Å². The molecule has 0 unspecified atom stereocenters. The Bertz CT molecular complexity index is 71.5. The highest BCUT2D eigenvalue weighted by Crippen LogP contribution is 1.80. The summed E-state index contributed by atoms with van der Waals surface area (Å²) in [7, 11) is 0.760. The minimum Gasteiger partial charge on any atom is -0.104 e. The van der Waals surface area contributed by atoms with Crippen molar-refractivity contribution in [3.8, 4) is 0 Å². The Balaban J connectivity index is 2.46. The zero-order valence-electron chi connectivity index (χ0n) is 3.72. The lowest BCUT2D eigenvalue weighted by molar-refractivity contribution is 2.05. The maximum Gasteiger partial charge on any atom is 0.0378 e. The van der Waals surface area contributed by atoms with Crippen LogP contribution in [0.15, 0.2) is 23.6 Å². The van der Waals surface area contributed by atoms with E-state index >= 15 is 0 Å². The first-order valence-electron chi connectivity index (χ1n) is 2.32. The van der Waals surface area contributed by atoms with Gasteiger partial charge in [0.1, 0.15) is 0 Å². The van der Waals surface area contributed by atoms with Crippen molar-refractivity contribution in [2.75, 3.05) is 0 Å². The van der Waals surface area contributed by atoms with Crippen molar-refractivity contribution in [1.29, 1.82) is 0 Å². The quantitative estimate of drug-likeness (QED) is 0.363. The average molecular weight is 112 g/mol. The standard InChI is InChI=1S/C4H8Si2/c1-2-4-6-5-3-1/h1-4H,5-6H2. The topological polar surface area (TPSA) is 0 Å². The van der Waals surface area contributed by atoms with Crippen LogP contribution in [0.5, 0.6) is 0 Å². The van der Waals surface area contributed by atoms with Crippen molar-refractivity contribution in [1.82, 2.24) is 0 Å². The molecule has 0 fully saturated rings. The smallest absolute Gasteiger partial charge is 0.0378 e. The van der Waals surface area contributed by atoms with E-state index in [1.807, 2.05) is 0 Å². The molecule has 0 radical (unpaired) electrons. The highest BCUT2D eigenvalue weighted by atomic mass is 29.1. The van der Waals surface area contributed by atoms with Gasteiger partial charge in [-0.25, -0.2) is 0 Å². The molecule has 0 atom stereocenters. The second kappa shape index (κ2) is 2.15. The van der Waals surface area contributed by atoms with E-state index < -0.39 is 0 Å². The fourth-order valence-corrected chi connectivity index (χ4v) is 3.94. The third-order valence-corrected chi connectivity index (χ3v) is 5.43. The minimum atomic E-state index is 0.380. The second-order valence-electron chi connectivity index (χ2n) is 1.43. The molecule has 0 saturated carbocycles. The molecule has 0 aromatic rings. The van der Waals surface area contributed by atoms with Crippen molar-refractivity contribution < 1.29 is 0 Å². The van der Waals surface area contributed by atoms with E-state index in [1.165, 1.54) is 0 Å². The normalized spacial score (nSPS) is 26.7. The van der Waals surface area contributed by atoms with Gasteiger partial charge in [0.25, 0.3) is 0 Å². The van der Waals surface area contributed by atoms with E-state index in [1.54, 1.807) is 0 Å². The summed E-state index contributed by atoms with van der Waals surface area (Å²) in [6, 6.07) is 0. The van der Waals surface area contributed by atoms with Gasteiger partial charge in [0.2, 0.25) is 0 Å². The van der Waals surface area contributed by atoms with Gasteiger partial charge in [0, 0.05) is 18.1 Å². The number of rotatable bonds is 0. The molecule has 0 N–H and O–H groups in total. The van der Waals surface area contributed by atoms with Crippen LogP contribution >= 0.6 is 0 Å². The molecule has 0 nitrogen and oxygen atoms in total. The lowest BCUT2D eigenvalue weighted by Crippen LogP contribution is -1.97. The summed E-state index contributed by atoms with van der Waals surface area (Å²) < 4.78 is 0. The van der Waals surface area contributed by atoms with Crippen LogP contribution in [0.4, 0.5) is 0 Å². The molecule has 1 aliphatic rings. The zero-order valence-corrected chi connectivity index (χ0v) is 6.55. The SMILES string of the molecule is C1=C[SiH2][SiH2]C=C1. The fourth-order valence-electron chi connectivity index (χ4n) is 0.542. The van der Waals surface area contributed by atoms with Crippen LogP contribution in [0, 0.1) is 0 Å². The first-order chi connectivity index (χ1) is 3.00. The van der Waals surface area contributed by atoms with Crippen LogP contribution in [-0.2, 0) is 0 Å². The van der Waals surface area contributed by atoms with E-state index in [-0.39, 0.29) is 0 Å². The van der Waals surface area contributed by atoms with Gasteiger partial charge in [-0.15, -0.1) is 11.4 Å². The molecule has 1 aliphatic heterocycles. The van der Waals surface area contributed by atoms with E-state index in [9.17, 15) is 0 Å². The Hall–Kier alpha value is -0.0862. The van der Waals surface area contributed by atoms with Crippen molar-refractivity contribution in [2.24, 2.45) is 0 Å². The Morgan fingerprint density at radius 2 is 1.33 bits per heavy atom. The molecule has 0 bridgehead atoms. The van der Waals surface area contributed by atoms with Crippen LogP contribution in [0.1, 0.15) is 0 Å². The van der Waals surface area contributed by atoms with Gasteiger partial charge in [-0.2, -0.15) is 0 Å². The fraction of sp³-hybridized carbons (Fsp3) is 0. The predicted octanol–water partition coefficient (Wildman–Crippen LogP) is -0.720. The van der Waals surface area contributed by atoms with Gasteiger partial charge in [-0.3, -0.25) is 0 Å². The molecule has 0 aromatic carbocycles. The summed E-state index contributed by atoms with van der Waals surface area (Å²) in [4.78, 5) is 0. The molecular formula is C4H8Si2. The molecule has 2 heteroatoms. The van der Waals surface area contributed by atoms with Gasteiger partial charge in [-0.05, 0) is 0 Å². The van der Waals surface area contributed by atoms with Crippen LogP contribution in [-0.4, -0.2) is 18.1 Å². The van der Waals surface area contributed by atoms with Gasteiger partial charge >= 0.3 is 0 Å². The average Bonchev–Trinajstić information content (AvgIpc) is 1.72.